The fourth-order valence-electron chi connectivity index (χ4n) is 3.24. The molecule has 1 amide bonds. The van der Waals surface area contributed by atoms with Crippen molar-refractivity contribution in [3.8, 4) is 0 Å². The monoisotopic (exact) mass is 309 g/mol. The van der Waals surface area contributed by atoms with Crippen LogP contribution in [0.15, 0.2) is 48.5 Å². The van der Waals surface area contributed by atoms with Gasteiger partial charge in [0.05, 0.1) is 0 Å². The molecular weight excluding hydrogens is 286 g/mol. The van der Waals surface area contributed by atoms with Gasteiger partial charge in [-0.2, -0.15) is 0 Å². The zero-order chi connectivity index (χ0) is 16.2. The molecule has 0 unspecified atom stereocenters. The molecule has 1 aliphatic rings. The molecule has 1 aliphatic heterocycles. The second kappa shape index (κ2) is 6.84. The molecule has 4 heteroatoms. The molecule has 0 atom stereocenters. The highest BCUT2D eigenvalue weighted by molar-refractivity contribution is 5.95. The van der Waals surface area contributed by atoms with E-state index >= 15 is 0 Å². The van der Waals surface area contributed by atoms with Gasteiger partial charge in [-0.05, 0) is 48.1 Å². The van der Waals surface area contributed by atoms with Crippen LogP contribution in [0.4, 0.5) is 5.69 Å². The van der Waals surface area contributed by atoms with E-state index in [9.17, 15) is 4.79 Å². The van der Waals surface area contributed by atoms with Gasteiger partial charge in [0.25, 0.3) is 5.91 Å². The van der Waals surface area contributed by atoms with Gasteiger partial charge in [-0.25, -0.2) is 0 Å². The SMILES string of the molecule is NCc1cccc(C2CCN(C(=O)c3cccc(N)c3)CC2)c1. The molecule has 120 valence electrons. The van der Waals surface area contributed by atoms with Gasteiger partial charge in [-0.3, -0.25) is 4.79 Å². The summed E-state index contributed by atoms with van der Waals surface area (Å²) in [5, 5.41) is 0. The van der Waals surface area contributed by atoms with Gasteiger partial charge in [0.1, 0.15) is 0 Å². The second-order valence-electron chi connectivity index (χ2n) is 6.14. The van der Waals surface area contributed by atoms with Gasteiger partial charge in [-0.1, -0.05) is 30.3 Å². The number of carbonyl (C=O) groups excluding carboxylic acids is 1. The van der Waals surface area contributed by atoms with Crippen LogP contribution in [0.2, 0.25) is 0 Å². The molecule has 0 aliphatic carbocycles. The zero-order valence-corrected chi connectivity index (χ0v) is 13.2. The highest BCUT2D eigenvalue weighted by Gasteiger charge is 2.24. The van der Waals surface area contributed by atoms with Crippen molar-refractivity contribution in [3.05, 3.63) is 65.2 Å². The highest BCUT2D eigenvalue weighted by Crippen LogP contribution is 2.29. The van der Waals surface area contributed by atoms with Crippen LogP contribution >= 0.6 is 0 Å². The van der Waals surface area contributed by atoms with Crippen molar-refractivity contribution in [1.82, 2.24) is 4.90 Å². The van der Waals surface area contributed by atoms with Gasteiger partial charge >= 0.3 is 0 Å². The van der Waals surface area contributed by atoms with Crippen LogP contribution in [-0.4, -0.2) is 23.9 Å². The molecule has 1 saturated heterocycles. The number of piperidine rings is 1. The summed E-state index contributed by atoms with van der Waals surface area (Å²) in [6.45, 7) is 2.14. The standard InChI is InChI=1S/C19H23N3O/c20-13-14-3-1-4-16(11-14)15-7-9-22(10-8-15)19(23)17-5-2-6-18(21)12-17/h1-6,11-12,15H,7-10,13,20-21H2. The predicted molar refractivity (Wildman–Crippen MR) is 93.1 cm³/mol. The Hall–Kier alpha value is -2.33. The molecule has 23 heavy (non-hydrogen) atoms. The maximum Gasteiger partial charge on any atom is 0.253 e. The van der Waals surface area contributed by atoms with E-state index in [-0.39, 0.29) is 5.91 Å². The summed E-state index contributed by atoms with van der Waals surface area (Å²) in [4.78, 5) is 14.5. The van der Waals surface area contributed by atoms with Crippen LogP contribution in [0.3, 0.4) is 0 Å². The van der Waals surface area contributed by atoms with Crippen molar-refractivity contribution in [3.63, 3.8) is 0 Å². The van der Waals surface area contributed by atoms with Crippen molar-refractivity contribution in [2.45, 2.75) is 25.3 Å². The van der Waals surface area contributed by atoms with E-state index in [1.165, 1.54) is 11.1 Å². The van der Waals surface area contributed by atoms with Gasteiger partial charge in [0.2, 0.25) is 0 Å². The van der Waals surface area contributed by atoms with Gasteiger partial charge in [-0.15, -0.1) is 0 Å². The quantitative estimate of drug-likeness (QED) is 0.856. The summed E-state index contributed by atoms with van der Waals surface area (Å²) < 4.78 is 0. The lowest BCUT2D eigenvalue weighted by Crippen LogP contribution is -2.37. The van der Waals surface area contributed by atoms with Gasteiger partial charge < -0.3 is 16.4 Å². The summed E-state index contributed by atoms with van der Waals surface area (Å²) in [6, 6.07) is 15.7. The molecule has 4 nitrogen and oxygen atoms in total. The molecule has 0 spiro atoms. The van der Waals surface area contributed by atoms with E-state index in [0.29, 0.717) is 23.7 Å². The summed E-state index contributed by atoms with van der Waals surface area (Å²) in [7, 11) is 0. The average Bonchev–Trinajstić information content (AvgIpc) is 2.61. The molecule has 4 N–H and O–H groups in total. The van der Waals surface area contributed by atoms with Crippen LogP contribution in [0, 0.1) is 0 Å². The van der Waals surface area contributed by atoms with Crippen LogP contribution in [-0.2, 0) is 6.54 Å². The molecule has 0 bridgehead atoms. The molecule has 2 aromatic rings. The summed E-state index contributed by atoms with van der Waals surface area (Å²) in [5.74, 6) is 0.581. The topological polar surface area (TPSA) is 72.3 Å². The number of anilines is 1. The number of likely N-dealkylation sites (tertiary alicyclic amines) is 1. The number of carbonyl (C=O) groups is 1. The minimum Gasteiger partial charge on any atom is -0.399 e. The first kappa shape index (κ1) is 15.6. The summed E-state index contributed by atoms with van der Waals surface area (Å²) in [6.07, 6.45) is 1.98. The van der Waals surface area contributed by atoms with Crippen molar-refractivity contribution in [1.29, 1.82) is 0 Å². The number of benzene rings is 2. The molecule has 1 fully saturated rings. The first-order valence-electron chi connectivity index (χ1n) is 8.11. The maximum atomic E-state index is 12.5. The second-order valence-corrected chi connectivity index (χ2v) is 6.14. The van der Waals surface area contributed by atoms with Crippen molar-refractivity contribution in [2.24, 2.45) is 5.73 Å². The van der Waals surface area contributed by atoms with Crippen LogP contribution in [0.1, 0.15) is 40.2 Å². The lowest BCUT2D eigenvalue weighted by Gasteiger charge is -2.32. The Balaban J connectivity index is 1.65. The van der Waals surface area contributed by atoms with Gasteiger partial charge in [0, 0.05) is 30.9 Å². The van der Waals surface area contributed by atoms with Gasteiger partial charge in [0.15, 0.2) is 0 Å². The fraction of sp³-hybridized carbons (Fsp3) is 0.316. The van der Waals surface area contributed by atoms with E-state index in [4.69, 9.17) is 11.5 Å². The Morgan fingerprint density at radius 2 is 1.83 bits per heavy atom. The Labute approximate surface area is 137 Å². The van der Waals surface area contributed by atoms with E-state index in [1.807, 2.05) is 17.0 Å². The van der Waals surface area contributed by atoms with E-state index in [1.54, 1.807) is 12.1 Å². The lowest BCUT2D eigenvalue weighted by molar-refractivity contribution is 0.0713. The molecule has 3 rings (SSSR count). The Morgan fingerprint density at radius 1 is 1.09 bits per heavy atom. The maximum absolute atomic E-state index is 12.5. The number of nitrogens with zero attached hydrogens (tertiary/aromatic N) is 1. The molecule has 1 heterocycles. The summed E-state index contributed by atoms with van der Waals surface area (Å²) >= 11 is 0. The van der Waals surface area contributed by atoms with E-state index in [0.717, 1.165) is 25.9 Å². The minimum absolute atomic E-state index is 0.0754. The first-order valence-corrected chi connectivity index (χ1v) is 8.11. The number of nitrogens with two attached hydrogens (primary N) is 2. The van der Waals surface area contributed by atoms with E-state index in [2.05, 4.69) is 24.3 Å². The number of nitrogen functional groups attached to an aromatic ring is 1. The first-order chi connectivity index (χ1) is 11.2. The molecule has 0 aromatic heterocycles. The van der Waals surface area contributed by atoms with E-state index < -0.39 is 0 Å². The fourth-order valence-corrected chi connectivity index (χ4v) is 3.24. The zero-order valence-electron chi connectivity index (χ0n) is 13.2. The predicted octanol–water partition coefficient (Wildman–Crippen LogP) is 2.75. The van der Waals surface area contributed by atoms with Crippen LogP contribution < -0.4 is 11.5 Å². The van der Waals surface area contributed by atoms with Crippen molar-refractivity contribution >= 4 is 11.6 Å². The molecular formula is C19H23N3O. The molecule has 0 radical (unpaired) electrons. The number of amides is 1. The lowest BCUT2D eigenvalue weighted by atomic mass is 9.88. The van der Waals surface area contributed by atoms with Crippen LogP contribution in [0.25, 0.3) is 0 Å². The number of rotatable bonds is 3. The van der Waals surface area contributed by atoms with Crippen LogP contribution in [0.5, 0.6) is 0 Å². The summed E-state index contributed by atoms with van der Waals surface area (Å²) in [5.41, 5.74) is 15.3. The minimum atomic E-state index is 0.0754. The van der Waals surface area contributed by atoms with Crippen molar-refractivity contribution < 1.29 is 4.79 Å². The smallest absolute Gasteiger partial charge is 0.253 e. The Morgan fingerprint density at radius 3 is 2.52 bits per heavy atom. The number of hydrogen-bond donors (Lipinski definition) is 2. The average molecular weight is 309 g/mol. The molecule has 0 saturated carbocycles. The third kappa shape index (κ3) is 3.54. The third-order valence-electron chi connectivity index (χ3n) is 4.57. The van der Waals surface area contributed by atoms with Crippen molar-refractivity contribution in [2.75, 3.05) is 18.8 Å². The highest BCUT2D eigenvalue weighted by atomic mass is 16.2. The normalized spacial score (nSPS) is 15.6. The largest absolute Gasteiger partial charge is 0.399 e. The molecule has 2 aromatic carbocycles. The number of hydrogen-bond acceptors (Lipinski definition) is 3. The Bertz CT molecular complexity index is 691. The Kier molecular flexibility index (Phi) is 4.63. The third-order valence-corrected chi connectivity index (χ3v) is 4.57.